The second-order valence-corrected chi connectivity index (χ2v) is 7.35. The molecular formula is C22H22F3N3O5. The Morgan fingerprint density at radius 1 is 1.06 bits per heavy atom. The second-order valence-electron chi connectivity index (χ2n) is 7.35. The molecule has 1 unspecified atom stereocenters. The van der Waals surface area contributed by atoms with Gasteiger partial charge < -0.3 is 25.0 Å². The minimum Gasteiger partial charge on any atom is -0.493 e. The molecule has 0 aromatic heterocycles. The van der Waals surface area contributed by atoms with Crippen molar-refractivity contribution in [3.63, 3.8) is 0 Å². The zero-order chi connectivity index (χ0) is 24.0. The molecule has 0 bridgehead atoms. The van der Waals surface area contributed by atoms with Gasteiger partial charge >= 0.3 is 6.18 Å². The standard InChI is InChI=1S/C22H22F3N3O5/c1-32-17-7-2-3-8-18(17)33-12-19(29)26-15-5-4-6-16(10-15)27-21(31)14-9-20(30)28(11-14)13-22(23,24)25/h2-8,10,14H,9,11-13H2,1H3,(H,26,29)(H,27,31). The van der Waals surface area contributed by atoms with Crippen LogP contribution in [0.25, 0.3) is 0 Å². The highest BCUT2D eigenvalue weighted by Gasteiger charge is 2.40. The zero-order valence-electron chi connectivity index (χ0n) is 17.6. The summed E-state index contributed by atoms with van der Waals surface area (Å²) < 4.78 is 48.3. The predicted octanol–water partition coefficient (Wildman–Crippen LogP) is 3.06. The number of alkyl halides is 3. The van der Waals surface area contributed by atoms with Gasteiger partial charge in [-0.15, -0.1) is 0 Å². The van der Waals surface area contributed by atoms with E-state index < -0.39 is 36.4 Å². The van der Waals surface area contributed by atoms with E-state index in [1.165, 1.54) is 13.2 Å². The maximum atomic E-state index is 12.5. The molecule has 176 valence electrons. The number of halogens is 3. The van der Waals surface area contributed by atoms with E-state index in [9.17, 15) is 27.6 Å². The summed E-state index contributed by atoms with van der Waals surface area (Å²) in [5.74, 6) is -1.75. The van der Waals surface area contributed by atoms with E-state index in [1.54, 1.807) is 42.5 Å². The Labute approximate surface area is 187 Å². The number of methoxy groups -OCH3 is 1. The molecule has 3 rings (SSSR count). The Bertz CT molecular complexity index is 1030. The summed E-state index contributed by atoms with van der Waals surface area (Å²) in [7, 11) is 1.48. The molecule has 1 aliphatic rings. The molecule has 1 fully saturated rings. The highest BCUT2D eigenvalue weighted by Crippen LogP contribution is 2.26. The van der Waals surface area contributed by atoms with Crippen LogP contribution in [0.5, 0.6) is 11.5 Å². The number of hydrogen-bond acceptors (Lipinski definition) is 5. The van der Waals surface area contributed by atoms with Gasteiger partial charge in [-0.25, -0.2) is 0 Å². The monoisotopic (exact) mass is 465 g/mol. The van der Waals surface area contributed by atoms with Crippen LogP contribution in [0.1, 0.15) is 6.42 Å². The molecule has 0 aliphatic carbocycles. The SMILES string of the molecule is COc1ccccc1OCC(=O)Nc1cccc(NC(=O)C2CC(=O)N(CC(F)(F)F)C2)c1. The predicted molar refractivity (Wildman–Crippen MR) is 113 cm³/mol. The van der Waals surface area contributed by atoms with Crippen molar-refractivity contribution < 1.29 is 37.0 Å². The van der Waals surface area contributed by atoms with Crippen LogP contribution in [0.4, 0.5) is 24.5 Å². The van der Waals surface area contributed by atoms with Gasteiger partial charge in [0.1, 0.15) is 6.54 Å². The van der Waals surface area contributed by atoms with Crippen LogP contribution in [0.2, 0.25) is 0 Å². The van der Waals surface area contributed by atoms with Gasteiger partial charge in [-0.3, -0.25) is 14.4 Å². The lowest BCUT2D eigenvalue weighted by Crippen LogP contribution is -2.36. The van der Waals surface area contributed by atoms with E-state index in [1.807, 2.05) is 0 Å². The zero-order valence-corrected chi connectivity index (χ0v) is 17.6. The number of ether oxygens (including phenoxy) is 2. The molecule has 33 heavy (non-hydrogen) atoms. The third-order valence-corrected chi connectivity index (χ3v) is 4.80. The molecule has 1 saturated heterocycles. The molecule has 8 nitrogen and oxygen atoms in total. The quantitative estimate of drug-likeness (QED) is 0.625. The van der Waals surface area contributed by atoms with Crippen LogP contribution < -0.4 is 20.1 Å². The maximum Gasteiger partial charge on any atom is 0.406 e. The molecular weight excluding hydrogens is 443 g/mol. The van der Waals surface area contributed by atoms with Crippen molar-refractivity contribution in [1.29, 1.82) is 0 Å². The molecule has 0 spiro atoms. The van der Waals surface area contributed by atoms with Gasteiger partial charge in [-0.2, -0.15) is 13.2 Å². The molecule has 2 aromatic carbocycles. The van der Waals surface area contributed by atoms with Gasteiger partial charge in [0.2, 0.25) is 11.8 Å². The lowest BCUT2D eigenvalue weighted by molar-refractivity contribution is -0.157. The van der Waals surface area contributed by atoms with E-state index >= 15 is 0 Å². The van der Waals surface area contributed by atoms with Gasteiger partial charge in [-0.05, 0) is 30.3 Å². The van der Waals surface area contributed by atoms with Gasteiger partial charge in [0.05, 0.1) is 13.0 Å². The van der Waals surface area contributed by atoms with Crippen LogP contribution >= 0.6 is 0 Å². The second kappa shape index (κ2) is 10.2. The van der Waals surface area contributed by atoms with Crippen molar-refractivity contribution >= 4 is 29.1 Å². The number of anilines is 2. The number of para-hydroxylation sites is 2. The van der Waals surface area contributed by atoms with Crippen molar-refractivity contribution in [2.24, 2.45) is 5.92 Å². The first kappa shape index (κ1) is 23.9. The van der Waals surface area contributed by atoms with Crippen molar-refractivity contribution in [3.05, 3.63) is 48.5 Å². The fraction of sp³-hybridized carbons (Fsp3) is 0.318. The average Bonchev–Trinajstić information content (AvgIpc) is 3.11. The summed E-state index contributed by atoms with van der Waals surface area (Å²) in [4.78, 5) is 37.1. The first-order chi connectivity index (χ1) is 15.6. The molecule has 0 saturated carbocycles. The number of hydrogen-bond donors (Lipinski definition) is 2. The number of nitrogens with one attached hydrogen (secondary N) is 2. The Hall–Kier alpha value is -3.76. The smallest absolute Gasteiger partial charge is 0.406 e. The summed E-state index contributed by atoms with van der Waals surface area (Å²) in [6, 6.07) is 13.1. The Kier molecular flexibility index (Phi) is 7.41. The Morgan fingerprint density at radius 2 is 1.73 bits per heavy atom. The summed E-state index contributed by atoms with van der Waals surface area (Å²) in [5, 5.41) is 5.21. The molecule has 3 amide bonds. The lowest BCUT2D eigenvalue weighted by atomic mass is 10.1. The van der Waals surface area contributed by atoms with Crippen molar-refractivity contribution in [2.75, 3.05) is 37.4 Å². The number of carbonyl (C=O) groups excluding carboxylic acids is 3. The molecule has 1 atom stereocenters. The van der Waals surface area contributed by atoms with Gasteiger partial charge in [0.25, 0.3) is 5.91 Å². The van der Waals surface area contributed by atoms with Crippen LogP contribution in [0, 0.1) is 5.92 Å². The fourth-order valence-electron chi connectivity index (χ4n) is 3.31. The highest BCUT2D eigenvalue weighted by molar-refractivity contribution is 5.98. The summed E-state index contributed by atoms with van der Waals surface area (Å²) in [5.41, 5.74) is 0.702. The van der Waals surface area contributed by atoms with E-state index in [2.05, 4.69) is 10.6 Å². The number of amides is 3. The fourth-order valence-corrected chi connectivity index (χ4v) is 3.31. The van der Waals surface area contributed by atoms with Crippen molar-refractivity contribution in [2.45, 2.75) is 12.6 Å². The Balaban J connectivity index is 1.53. The van der Waals surface area contributed by atoms with Gasteiger partial charge in [0, 0.05) is 24.3 Å². The molecule has 0 radical (unpaired) electrons. The van der Waals surface area contributed by atoms with E-state index in [0.717, 1.165) is 0 Å². The minimum absolute atomic E-state index is 0.282. The first-order valence-corrected chi connectivity index (χ1v) is 9.96. The number of rotatable bonds is 8. The number of nitrogens with zero attached hydrogens (tertiary/aromatic N) is 1. The minimum atomic E-state index is -4.52. The maximum absolute atomic E-state index is 12.5. The number of likely N-dealkylation sites (tertiary alicyclic amines) is 1. The van der Waals surface area contributed by atoms with Crippen molar-refractivity contribution in [3.8, 4) is 11.5 Å². The summed E-state index contributed by atoms with van der Waals surface area (Å²) in [6.45, 7) is -1.97. The van der Waals surface area contributed by atoms with Gasteiger partial charge in [0.15, 0.2) is 18.1 Å². The van der Waals surface area contributed by atoms with Crippen molar-refractivity contribution in [1.82, 2.24) is 4.90 Å². The Morgan fingerprint density at radius 3 is 2.39 bits per heavy atom. The number of carbonyl (C=O) groups is 3. The average molecular weight is 465 g/mol. The third kappa shape index (κ3) is 6.86. The largest absolute Gasteiger partial charge is 0.493 e. The first-order valence-electron chi connectivity index (χ1n) is 9.96. The molecule has 1 aliphatic heterocycles. The van der Waals surface area contributed by atoms with Crippen LogP contribution in [-0.2, 0) is 14.4 Å². The molecule has 11 heteroatoms. The lowest BCUT2D eigenvalue weighted by Gasteiger charge is -2.18. The summed E-state index contributed by atoms with van der Waals surface area (Å²) >= 11 is 0. The van der Waals surface area contributed by atoms with Crippen LogP contribution in [-0.4, -0.2) is 55.6 Å². The van der Waals surface area contributed by atoms with E-state index in [0.29, 0.717) is 27.8 Å². The van der Waals surface area contributed by atoms with Gasteiger partial charge in [-0.1, -0.05) is 18.2 Å². The summed E-state index contributed by atoms with van der Waals surface area (Å²) in [6.07, 6.45) is -4.82. The normalized spacial score (nSPS) is 15.8. The molecule has 1 heterocycles. The van der Waals surface area contributed by atoms with Crippen LogP contribution in [0.3, 0.4) is 0 Å². The van der Waals surface area contributed by atoms with E-state index in [4.69, 9.17) is 9.47 Å². The van der Waals surface area contributed by atoms with Crippen LogP contribution in [0.15, 0.2) is 48.5 Å². The molecule has 2 aromatic rings. The molecule has 2 N–H and O–H groups in total. The topological polar surface area (TPSA) is 97.0 Å². The number of benzene rings is 2. The highest BCUT2D eigenvalue weighted by atomic mass is 19.4. The van der Waals surface area contributed by atoms with E-state index in [-0.39, 0.29) is 19.6 Å². The third-order valence-electron chi connectivity index (χ3n) is 4.80.